The number of methoxy groups -OCH3 is 1. The van der Waals surface area contributed by atoms with Gasteiger partial charge in [0.1, 0.15) is 5.15 Å². The number of rotatable bonds is 1. The quantitative estimate of drug-likeness (QED) is 0.583. The molecule has 0 spiro atoms. The van der Waals surface area contributed by atoms with Crippen LogP contribution < -0.4 is 4.74 Å². The van der Waals surface area contributed by atoms with Crippen molar-refractivity contribution in [1.29, 1.82) is 0 Å². The van der Waals surface area contributed by atoms with E-state index in [1.807, 2.05) is 13.0 Å². The molecular formula is C7H8ClNO. The summed E-state index contributed by atoms with van der Waals surface area (Å²) in [5.74, 6) is 0.590. The number of aromatic nitrogens is 1. The fourth-order valence-electron chi connectivity index (χ4n) is 0.694. The molecule has 1 heterocycles. The van der Waals surface area contributed by atoms with E-state index < -0.39 is 0 Å². The Morgan fingerprint density at radius 3 is 2.70 bits per heavy atom. The van der Waals surface area contributed by atoms with E-state index in [0.29, 0.717) is 11.0 Å². The highest BCUT2D eigenvalue weighted by Crippen LogP contribution is 2.16. The molecule has 0 aliphatic rings. The summed E-state index contributed by atoms with van der Waals surface area (Å²) in [6.07, 6.45) is 0. The predicted octanol–water partition coefficient (Wildman–Crippen LogP) is 2.05. The molecule has 0 aliphatic carbocycles. The van der Waals surface area contributed by atoms with Gasteiger partial charge >= 0.3 is 0 Å². The Morgan fingerprint density at radius 1 is 1.50 bits per heavy atom. The number of halogens is 1. The molecule has 3 heteroatoms. The molecule has 54 valence electrons. The van der Waals surface area contributed by atoms with Crippen molar-refractivity contribution in [3.05, 3.63) is 22.8 Å². The van der Waals surface area contributed by atoms with Crippen LogP contribution in [0.2, 0.25) is 5.15 Å². The Balaban J connectivity index is 3.09. The van der Waals surface area contributed by atoms with Gasteiger partial charge in [0, 0.05) is 5.56 Å². The van der Waals surface area contributed by atoms with Crippen LogP contribution in [0.1, 0.15) is 5.56 Å². The molecule has 0 N–H and O–H groups in total. The number of hydrogen-bond acceptors (Lipinski definition) is 2. The van der Waals surface area contributed by atoms with Gasteiger partial charge in [-0.05, 0) is 13.0 Å². The summed E-state index contributed by atoms with van der Waals surface area (Å²) in [6, 6.07) is 3.60. The molecule has 1 aromatic rings. The summed E-state index contributed by atoms with van der Waals surface area (Å²) in [6.45, 7) is 1.92. The average Bonchev–Trinajstić information content (AvgIpc) is 1.94. The molecule has 0 saturated carbocycles. The number of pyridine rings is 1. The average molecular weight is 158 g/mol. The smallest absolute Gasteiger partial charge is 0.217 e. The van der Waals surface area contributed by atoms with Crippen LogP contribution in [0.15, 0.2) is 12.1 Å². The van der Waals surface area contributed by atoms with Gasteiger partial charge in [-0.1, -0.05) is 17.7 Å². The van der Waals surface area contributed by atoms with Crippen LogP contribution in [-0.2, 0) is 0 Å². The maximum atomic E-state index is 5.60. The standard InChI is InChI=1S/C7H8ClNO/c1-5-3-4-6(8)9-7(5)10-2/h3-4H,1-2H3. The van der Waals surface area contributed by atoms with E-state index in [2.05, 4.69) is 4.98 Å². The van der Waals surface area contributed by atoms with Gasteiger partial charge in [0.25, 0.3) is 0 Å². The van der Waals surface area contributed by atoms with Gasteiger partial charge < -0.3 is 4.74 Å². The Kier molecular flexibility index (Phi) is 2.12. The fraction of sp³-hybridized carbons (Fsp3) is 0.286. The summed E-state index contributed by atoms with van der Waals surface area (Å²) < 4.78 is 4.93. The van der Waals surface area contributed by atoms with Crippen molar-refractivity contribution in [3.8, 4) is 5.88 Å². The highest BCUT2D eigenvalue weighted by Gasteiger charge is 1.98. The number of nitrogens with zero attached hydrogens (tertiary/aromatic N) is 1. The molecule has 0 fully saturated rings. The van der Waals surface area contributed by atoms with E-state index in [0.717, 1.165) is 5.56 Å². The first-order valence-corrected chi connectivity index (χ1v) is 3.29. The van der Waals surface area contributed by atoms with E-state index in [4.69, 9.17) is 16.3 Å². The molecule has 1 aromatic heterocycles. The SMILES string of the molecule is COc1nc(Cl)ccc1C. The Morgan fingerprint density at radius 2 is 2.20 bits per heavy atom. The summed E-state index contributed by atoms with van der Waals surface area (Å²) >= 11 is 5.60. The van der Waals surface area contributed by atoms with Gasteiger partial charge in [-0.3, -0.25) is 0 Å². The Bertz CT molecular complexity index is 237. The van der Waals surface area contributed by atoms with Gasteiger partial charge in [0.05, 0.1) is 7.11 Å². The third-order valence-electron chi connectivity index (χ3n) is 1.21. The molecule has 0 bridgehead atoms. The molecule has 0 saturated heterocycles. The van der Waals surface area contributed by atoms with Crippen molar-refractivity contribution < 1.29 is 4.74 Å². The largest absolute Gasteiger partial charge is 0.481 e. The lowest BCUT2D eigenvalue weighted by atomic mass is 10.3. The highest BCUT2D eigenvalue weighted by molar-refractivity contribution is 6.29. The van der Waals surface area contributed by atoms with E-state index in [-0.39, 0.29) is 0 Å². The van der Waals surface area contributed by atoms with Crippen molar-refractivity contribution in [2.45, 2.75) is 6.92 Å². The van der Waals surface area contributed by atoms with Crippen LogP contribution in [0.3, 0.4) is 0 Å². The minimum atomic E-state index is 0.461. The zero-order valence-electron chi connectivity index (χ0n) is 5.89. The number of ether oxygens (including phenoxy) is 1. The lowest BCUT2D eigenvalue weighted by Gasteiger charge is -2.01. The van der Waals surface area contributed by atoms with Crippen LogP contribution in [0.4, 0.5) is 0 Å². The molecule has 10 heavy (non-hydrogen) atoms. The van der Waals surface area contributed by atoms with E-state index in [9.17, 15) is 0 Å². The van der Waals surface area contributed by atoms with Crippen LogP contribution in [0.5, 0.6) is 5.88 Å². The first-order chi connectivity index (χ1) is 4.74. The lowest BCUT2D eigenvalue weighted by molar-refractivity contribution is 0.394. The van der Waals surface area contributed by atoms with Crippen molar-refractivity contribution in [3.63, 3.8) is 0 Å². The van der Waals surface area contributed by atoms with Crippen LogP contribution in [0, 0.1) is 6.92 Å². The van der Waals surface area contributed by atoms with Crippen LogP contribution in [-0.4, -0.2) is 12.1 Å². The highest BCUT2D eigenvalue weighted by atomic mass is 35.5. The van der Waals surface area contributed by atoms with E-state index in [1.165, 1.54) is 0 Å². The maximum Gasteiger partial charge on any atom is 0.217 e. The molecular weight excluding hydrogens is 150 g/mol. The van der Waals surface area contributed by atoms with Gasteiger partial charge in [0.2, 0.25) is 5.88 Å². The van der Waals surface area contributed by atoms with Gasteiger partial charge in [-0.15, -0.1) is 0 Å². The molecule has 0 radical (unpaired) electrons. The Labute approximate surface area is 64.8 Å². The van der Waals surface area contributed by atoms with Crippen molar-refractivity contribution in [2.75, 3.05) is 7.11 Å². The molecule has 2 nitrogen and oxygen atoms in total. The summed E-state index contributed by atoms with van der Waals surface area (Å²) in [4.78, 5) is 3.93. The third kappa shape index (κ3) is 1.39. The second kappa shape index (κ2) is 2.88. The summed E-state index contributed by atoms with van der Waals surface area (Å²) in [5, 5.41) is 0.461. The van der Waals surface area contributed by atoms with Crippen molar-refractivity contribution in [2.24, 2.45) is 0 Å². The van der Waals surface area contributed by atoms with Gasteiger partial charge in [-0.25, -0.2) is 4.98 Å². The third-order valence-corrected chi connectivity index (χ3v) is 1.42. The van der Waals surface area contributed by atoms with E-state index in [1.54, 1.807) is 13.2 Å². The summed E-state index contributed by atoms with van der Waals surface area (Å²) in [5.41, 5.74) is 0.993. The monoisotopic (exact) mass is 157 g/mol. The van der Waals surface area contributed by atoms with Crippen molar-refractivity contribution in [1.82, 2.24) is 4.98 Å². The van der Waals surface area contributed by atoms with Crippen LogP contribution >= 0.6 is 11.6 Å². The summed E-state index contributed by atoms with van der Waals surface area (Å²) in [7, 11) is 1.58. The first kappa shape index (κ1) is 7.35. The van der Waals surface area contributed by atoms with Gasteiger partial charge in [-0.2, -0.15) is 0 Å². The van der Waals surface area contributed by atoms with Gasteiger partial charge in [0.15, 0.2) is 0 Å². The normalized spacial score (nSPS) is 9.50. The molecule has 0 amide bonds. The molecule has 0 atom stereocenters. The molecule has 0 aromatic carbocycles. The Hall–Kier alpha value is -0.760. The number of hydrogen-bond donors (Lipinski definition) is 0. The topological polar surface area (TPSA) is 22.1 Å². The maximum absolute atomic E-state index is 5.60. The molecule has 0 aliphatic heterocycles. The zero-order chi connectivity index (χ0) is 7.56. The lowest BCUT2D eigenvalue weighted by Crippen LogP contribution is -1.90. The van der Waals surface area contributed by atoms with Crippen molar-refractivity contribution >= 4 is 11.6 Å². The van der Waals surface area contributed by atoms with E-state index >= 15 is 0 Å². The number of aryl methyl sites for hydroxylation is 1. The second-order valence-electron chi connectivity index (χ2n) is 1.96. The second-order valence-corrected chi connectivity index (χ2v) is 2.35. The van der Waals surface area contributed by atoms with Crippen LogP contribution in [0.25, 0.3) is 0 Å². The minimum absolute atomic E-state index is 0.461. The zero-order valence-corrected chi connectivity index (χ0v) is 6.64. The minimum Gasteiger partial charge on any atom is -0.481 e. The predicted molar refractivity (Wildman–Crippen MR) is 40.5 cm³/mol. The molecule has 1 rings (SSSR count). The first-order valence-electron chi connectivity index (χ1n) is 2.91. The molecule has 0 unspecified atom stereocenters. The fourth-order valence-corrected chi connectivity index (χ4v) is 0.834.